The molecule has 98 valence electrons. The monoisotopic (exact) mass is 286 g/mol. The summed E-state index contributed by atoms with van der Waals surface area (Å²) in [6.07, 6.45) is 2.46. The van der Waals surface area contributed by atoms with Gasteiger partial charge in [-0.3, -0.25) is 4.98 Å². The highest BCUT2D eigenvalue weighted by molar-refractivity contribution is 5.85. The van der Waals surface area contributed by atoms with Crippen LogP contribution in [0.25, 0.3) is 0 Å². The Morgan fingerprint density at radius 2 is 1.72 bits per heavy atom. The summed E-state index contributed by atoms with van der Waals surface area (Å²) in [5, 5.41) is 9.18. The molecule has 0 aliphatic heterocycles. The van der Waals surface area contributed by atoms with Crippen LogP contribution in [-0.4, -0.2) is 10.1 Å². The molecule has 2 aromatic rings. The first kappa shape index (κ1) is 16.7. The number of aromatic nitrogens is 1. The second-order valence-electron chi connectivity index (χ2n) is 3.72. The van der Waals surface area contributed by atoms with Crippen LogP contribution in [0.2, 0.25) is 0 Å². The fraction of sp³-hybridized carbons (Fsp3) is 0.154. The lowest BCUT2D eigenvalue weighted by atomic mass is 10.0. The molecule has 0 aliphatic carbocycles. The van der Waals surface area contributed by atoms with Crippen LogP contribution in [0.3, 0.4) is 0 Å². The van der Waals surface area contributed by atoms with Gasteiger partial charge in [-0.1, -0.05) is 18.2 Å². The van der Waals surface area contributed by atoms with Crippen LogP contribution in [-0.2, 0) is 6.42 Å². The Morgan fingerprint density at radius 1 is 1.06 bits per heavy atom. The maximum absolute atomic E-state index is 9.18. The van der Waals surface area contributed by atoms with Crippen molar-refractivity contribution in [3.63, 3.8) is 0 Å². The van der Waals surface area contributed by atoms with Crippen molar-refractivity contribution < 1.29 is 5.11 Å². The fourth-order valence-corrected chi connectivity index (χ4v) is 1.58. The van der Waals surface area contributed by atoms with Crippen molar-refractivity contribution in [2.75, 3.05) is 0 Å². The molecule has 1 aromatic carbocycles. The summed E-state index contributed by atoms with van der Waals surface area (Å²) in [7, 11) is 0. The summed E-state index contributed by atoms with van der Waals surface area (Å²) in [6.45, 7) is 0. The molecule has 0 fully saturated rings. The Kier molecular flexibility index (Phi) is 7.36. The molecule has 0 saturated heterocycles. The van der Waals surface area contributed by atoms with Crippen molar-refractivity contribution in [1.82, 2.24) is 4.98 Å². The van der Waals surface area contributed by atoms with Crippen LogP contribution in [0.15, 0.2) is 48.7 Å². The van der Waals surface area contributed by atoms with E-state index >= 15 is 0 Å². The molecule has 5 heteroatoms. The zero-order valence-electron chi connectivity index (χ0n) is 9.69. The Bertz CT molecular complexity index is 448. The van der Waals surface area contributed by atoms with Gasteiger partial charge in [0.25, 0.3) is 0 Å². The van der Waals surface area contributed by atoms with Crippen molar-refractivity contribution in [3.05, 3.63) is 59.9 Å². The first-order chi connectivity index (χ1) is 7.75. The van der Waals surface area contributed by atoms with E-state index in [2.05, 4.69) is 4.98 Å². The average molecular weight is 287 g/mol. The SMILES string of the molecule is Cl.Cl.NC(Cc1ccccn1)c1ccc(O)cc1. The maximum atomic E-state index is 9.18. The van der Waals surface area contributed by atoms with Crippen molar-refractivity contribution in [3.8, 4) is 5.75 Å². The molecule has 0 saturated carbocycles. The number of pyridine rings is 1. The van der Waals surface area contributed by atoms with Crippen molar-refractivity contribution in [2.24, 2.45) is 5.73 Å². The maximum Gasteiger partial charge on any atom is 0.115 e. The summed E-state index contributed by atoms with van der Waals surface area (Å²) in [5.41, 5.74) is 8.03. The molecular formula is C13H16Cl2N2O. The van der Waals surface area contributed by atoms with E-state index in [-0.39, 0.29) is 36.6 Å². The Hall–Kier alpha value is -1.29. The highest BCUT2D eigenvalue weighted by Gasteiger charge is 2.07. The van der Waals surface area contributed by atoms with Gasteiger partial charge < -0.3 is 10.8 Å². The highest BCUT2D eigenvalue weighted by Crippen LogP contribution is 2.17. The fourth-order valence-electron chi connectivity index (χ4n) is 1.58. The minimum absolute atomic E-state index is 0. The standard InChI is InChI=1S/C13H14N2O.2ClH/c14-13(9-11-3-1-2-8-15-11)10-4-6-12(16)7-5-10;;/h1-8,13,16H,9,14H2;2*1H. The molecule has 3 N–H and O–H groups in total. The van der Waals surface area contributed by atoms with E-state index in [0.717, 1.165) is 11.3 Å². The zero-order valence-corrected chi connectivity index (χ0v) is 11.3. The van der Waals surface area contributed by atoms with Crippen LogP contribution < -0.4 is 5.73 Å². The van der Waals surface area contributed by atoms with Gasteiger partial charge in [0, 0.05) is 24.4 Å². The topological polar surface area (TPSA) is 59.1 Å². The lowest BCUT2D eigenvalue weighted by Gasteiger charge is -2.11. The van der Waals surface area contributed by atoms with E-state index in [1.807, 2.05) is 30.3 Å². The number of hydrogen-bond acceptors (Lipinski definition) is 3. The largest absolute Gasteiger partial charge is 0.508 e. The number of hydrogen-bond donors (Lipinski definition) is 2. The molecule has 0 spiro atoms. The number of nitrogens with two attached hydrogens (primary N) is 1. The van der Waals surface area contributed by atoms with E-state index in [0.29, 0.717) is 6.42 Å². The molecule has 0 radical (unpaired) electrons. The van der Waals surface area contributed by atoms with E-state index in [1.165, 1.54) is 0 Å². The summed E-state index contributed by atoms with van der Waals surface area (Å²) < 4.78 is 0. The van der Waals surface area contributed by atoms with Gasteiger partial charge in [0.15, 0.2) is 0 Å². The van der Waals surface area contributed by atoms with Crippen LogP contribution in [0.4, 0.5) is 0 Å². The Balaban J connectivity index is 0.00000144. The smallest absolute Gasteiger partial charge is 0.115 e. The van der Waals surface area contributed by atoms with Crippen molar-refractivity contribution in [2.45, 2.75) is 12.5 Å². The van der Waals surface area contributed by atoms with Gasteiger partial charge in [-0.25, -0.2) is 0 Å². The number of phenolic OH excluding ortho intramolecular Hbond substituents is 1. The van der Waals surface area contributed by atoms with Gasteiger partial charge in [0.1, 0.15) is 5.75 Å². The predicted octanol–water partition coefficient (Wildman–Crippen LogP) is 2.87. The molecule has 18 heavy (non-hydrogen) atoms. The van der Waals surface area contributed by atoms with Gasteiger partial charge in [-0.2, -0.15) is 0 Å². The summed E-state index contributed by atoms with van der Waals surface area (Å²) >= 11 is 0. The van der Waals surface area contributed by atoms with E-state index in [4.69, 9.17) is 5.73 Å². The number of phenols is 1. The van der Waals surface area contributed by atoms with E-state index < -0.39 is 0 Å². The third-order valence-corrected chi connectivity index (χ3v) is 2.48. The molecule has 1 heterocycles. The number of nitrogens with zero attached hydrogens (tertiary/aromatic N) is 1. The van der Waals surface area contributed by atoms with Gasteiger partial charge in [0.05, 0.1) is 0 Å². The van der Waals surface area contributed by atoms with Gasteiger partial charge in [-0.15, -0.1) is 24.8 Å². The highest BCUT2D eigenvalue weighted by atomic mass is 35.5. The third-order valence-electron chi connectivity index (χ3n) is 2.48. The summed E-state index contributed by atoms with van der Waals surface area (Å²) in [4.78, 5) is 4.23. The first-order valence-corrected chi connectivity index (χ1v) is 5.20. The number of aromatic hydroxyl groups is 1. The van der Waals surface area contributed by atoms with Gasteiger partial charge in [0.2, 0.25) is 0 Å². The molecule has 0 aliphatic rings. The lowest BCUT2D eigenvalue weighted by molar-refractivity contribution is 0.475. The number of halogens is 2. The lowest BCUT2D eigenvalue weighted by Crippen LogP contribution is -2.13. The van der Waals surface area contributed by atoms with Crippen molar-refractivity contribution in [1.29, 1.82) is 0 Å². The number of rotatable bonds is 3. The normalized spacial score (nSPS) is 10.9. The molecular weight excluding hydrogens is 271 g/mol. The minimum Gasteiger partial charge on any atom is -0.508 e. The summed E-state index contributed by atoms with van der Waals surface area (Å²) in [5.74, 6) is 0.258. The van der Waals surface area contributed by atoms with E-state index in [1.54, 1.807) is 18.3 Å². The van der Waals surface area contributed by atoms with E-state index in [9.17, 15) is 5.11 Å². The molecule has 1 unspecified atom stereocenters. The Morgan fingerprint density at radius 3 is 2.28 bits per heavy atom. The predicted molar refractivity (Wildman–Crippen MR) is 77.5 cm³/mol. The molecule has 1 aromatic heterocycles. The van der Waals surface area contributed by atoms with Crippen molar-refractivity contribution >= 4 is 24.8 Å². The molecule has 2 rings (SSSR count). The molecule has 0 bridgehead atoms. The first-order valence-electron chi connectivity index (χ1n) is 5.20. The van der Waals surface area contributed by atoms with Crippen LogP contribution >= 0.6 is 24.8 Å². The zero-order chi connectivity index (χ0) is 11.4. The quantitative estimate of drug-likeness (QED) is 0.912. The van der Waals surface area contributed by atoms with Crippen LogP contribution in [0.1, 0.15) is 17.3 Å². The third kappa shape index (κ3) is 4.53. The van der Waals surface area contributed by atoms with Crippen LogP contribution in [0, 0.1) is 0 Å². The molecule has 1 atom stereocenters. The Labute approximate surface area is 119 Å². The average Bonchev–Trinajstić information content (AvgIpc) is 2.31. The molecule has 0 amide bonds. The van der Waals surface area contributed by atoms with Crippen LogP contribution in [0.5, 0.6) is 5.75 Å². The summed E-state index contributed by atoms with van der Waals surface area (Å²) in [6, 6.07) is 12.7. The number of benzene rings is 1. The molecule has 3 nitrogen and oxygen atoms in total. The second-order valence-corrected chi connectivity index (χ2v) is 3.72. The minimum atomic E-state index is -0.0875. The second kappa shape index (κ2) is 7.93. The van der Waals surface area contributed by atoms with Gasteiger partial charge >= 0.3 is 0 Å². The van der Waals surface area contributed by atoms with Gasteiger partial charge in [-0.05, 0) is 29.8 Å².